The molecule has 1 rings (SSSR count). The standard InChI is InChI=1S/C20H28FN3O5S/c1-5-24(11-9-16(2)8-10-22)20-7-6-17(12-19(20)21)23(3)13-18(28-15-25)14-29-30(4,26)27/h6-8,12,15,18H,5,9,11,13-14H2,1-4H3/b16-8+. The number of carbonyl (C=O) groups excluding carboxylic acids is 1. The third-order valence-corrected chi connectivity index (χ3v) is 4.94. The lowest BCUT2D eigenvalue weighted by Gasteiger charge is -2.27. The van der Waals surface area contributed by atoms with Gasteiger partial charge < -0.3 is 14.5 Å². The van der Waals surface area contributed by atoms with Gasteiger partial charge in [0.1, 0.15) is 18.5 Å². The van der Waals surface area contributed by atoms with Crippen molar-refractivity contribution >= 4 is 28.0 Å². The van der Waals surface area contributed by atoms with E-state index in [4.69, 9.17) is 10.00 Å². The molecule has 0 aromatic heterocycles. The first-order valence-electron chi connectivity index (χ1n) is 9.35. The summed E-state index contributed by atoms with van der Waals surface area (Å²) in [5.74, 6) is -0.414. The van der Waals surface area contributed by atoms with Crippen LogP contribution in [0.5, 0.6) is 0 Å². The number of rotatable bonds is 13. The topological polar surface area (TPSA) is 99.9 Å². The van der Waals surface area contributed by atoms with E-state index < -0.39 is 22.0 Å². The van der Waals surface area contributed by atoms with Crippen LogP contribution in [-0.4, -0.2) is 60.5 Å². The van der Waals surface area contributed by atoms with Crippen LogP contribution in [0.25, 0.3) is 0 Å². The molecule has 0 N–H and O–H groups in total. The van der Waals surface area contributed by atoms with Gasteiger partial charge in [0.2, 0.25) is 0 Å². The highest BCUT2D eigenvalue weighted by molar-refractivity contribution is 7.85. The average molecular weight is 442 g/mol. The fraction of sp³-hybridized carbons (Fsp3) is 0.500. The first kappa shape index (κ1) is 25.4. The largest absolute Gasteiger partial charge is 0.460 e. The number of benzene rings is 1. The predicted molar refractivity (Wildman–Crippen MR) is 113 cm³/mol. The molecule has 0 aliphatic carbocycles. The summed E-state index contributed by atoms with van der Waals surface area (Å²) in [5.41, 5.74) is 1.90. The molecule has 0 aliphatic heterocycles. The van der Waals surface area contributed by atoms with E-state index in [9.17, 15) is 17.6 Å². The lowest BCUT2D eigenvalue weighted by Crippen LogP contribution is -2.35. The smallest absolute Gasteiger partial charge is 0.293 e. The SMILES string of the molecule is CCN(CC/C(C)=C/C#N)c1ccc(N(C)CC(COS(C)(=O)=O)OC=O)cc1F. The van der Waals surface area contributed by atoms with E-state index in [0.29, 0.717) is 30.9 Å². The Kier molecular flexibility index (Phi) is 10.3. The molecule has 1 unspecified atom stereocenters. The van der Waals surface area contributed by atoms with Crippen LogP contribution >= 0.6 is 0 Å². The van der Waals surface area contributed by atoms with Gasteiger partial charge in [-0.2, -0.15) is 13.7 Å². The maximum absolute atomic E-state index is 14.8. The summed E-state index contributed by atoms with van der Waals surface area (Å²) in [6, 6.07) is 6.75. The quantitative estimate of drug-likeness (QED) is 0.261. The highest BCUT2D eigenvalue weighted by atomic mass is 32.2. The normalized spacial score (nSPS) is 12.7. The van der Waals surface area contributed by atoms with Crippen molar-refractivity contribution in [3.8, 4) is 6.07 Å². The van der Waals surface area contributed by atoms with E-state index in [0.717, 1.165) is 11.8 Å². The Bertz CT molecular complexity index is 883. The maximum atomic E-state index is 14.8. The minimum atomic E-state index is -3.68. The van der Waals surface area contributed by atoms with Crippen LogP contribution in [0, 0.1) is 17.1 Å². The van der Waals surface area contributed by atoms with Crippen molar-refractivity contribution in [1.29, 1.82) is 5.26 Å². The van der Waals surface area contributed by atoms with Gasteiger partial charge >= 0.3 is 0 Å². The second kappa shape index (κ2) is 12.1. The summed E-state index contributed by atoms with van der Waals surface area (Å²) in [5, 5.41) is 8.70. The summed E-state index contributed by atoms with van der Waals surface area (Å²) in [6.07, 6.45) is 2.19. The second-order valence-corrected chi connectivity index (χ2v) is 8.45. The molecule has 1 aromatic carbocycles. The molecule has 0 bridgehead atoms. The number of likely N-dealkylation sites (N-methyl/N-ethyl adjacent to an activating group) is 1. The molecule has 0 radical (unpaired) electrons. The summed E-state index contributed by atoms with van der Waals surface area (Å²) in [6.45, 7) is 4.96. The number of halogens is 1. The van der Waals surface area contributed by atoms with Crippen LogP contribution in [0.15, 0.2) is 29.8 Å². The van der Waals surface area contributed by atoms with E-state index in [2.05, 4.69) is 4.18 Å². The average Bonchev–Trinajstić information content (AvgIpc) is 2.67. The van der Waals surface area contributed by atoms with Crippen LogP contribution < -0.4 is 9.80 Å². The Morgan fingerprint density at radius 2 is 2.10 bits per heavy atom. The molecule has 1 atom stereocenters. The number of allylic oxidation sites excluding steroid dienone is 1. The van der Waals surface area contributed by atoms with E-state index in [1.165, 1.54) is 12.1 Å². The van der Waals surface area contributed by atoms with Crippen molar-refractivity contribution in [3.05, 3.63) is 35.7 Å². The molecule has 8 nitrogen and oxygen atoms in total. The molecule has 10 heteroatoms. The molecule has 0 saturated heterocycles. The lowest BCUT2D eigenvalue weighted by atomic mass is 10.1. The van der Waals surface area contributed by atoms with Crippen LogP contribution in [0.2, 0.25) is 0 Å². The third kappa shape index (κ3) is 8.80. The van der Waals surface area contributed by atoms with Gasteiger partial charge in [-0.3, -0.25) is 8.98 Å². The molecular weight excluding hydrogens is 413 g/mol. The van der Waals surface area contributed by atoms with Gasteiger partial charge in [-0.05, 0) is 38.5 Å². The zero-order chi connectivity index (χ0) is 22.7. The molecule has 1 aromatic rings. The van der Waals surface area contributed by atoms with Crippen molar-refractivity contribution in [2.24, 2.45) is 0 Å². The van der Waals surface area contributed by atoms with Gasteiger partial charge in [0.05, 0.1) is 24.6 Å². The Morgan fingerprint density at radius 1 is 1.40 bits per heavy atom. The Balaban J connectivity index is 2.88. The van der Waals surface area contributed by atoms with Gasteiger partial charge in [0.25, 0.3) is 16.6 Å². The highest BCUT2D eigenvalue weighted by Gasteiger charge is 2.18. The molecule has 166 valence electrons. The summed E-state index contributed by atoms with van der Waals surface area (Å²) in [7, 11) is -2.01. The monoisotopic (exact) mass is 441 g/mol. The Morgan fingerprint density at radius 3 is 2.63 bits per heavy atom. The zero-order valence-electron chi connectivity index (χ0n) is 17.7. The van der Waals surface area contributed by atoms with E-state index in [-0.39, 0.29) is 19.6 Å². The molecule has 0 spiro atoms. The fourth-order valence-corrected chi connectivity index (χ4v) is 3.16. The van der Waals surface area contributed by atoms with E-state index in [1.54, 1.807) is 24.1 Å². The molecule has 0 aliphatic rings. The minimum Gasteiger partial charge on any atom is -0.460 e. The van der Waals surface area contributed by atoms with Crippen molar-refractivity contribution in [2.45, 2.75) is 26.4 Å². The first-order valence-corrected chi connectivity index (χ1v) is 11.2. The molecule has 0 fully saturated rings. The van der Waals surface area contributed by atoms with Gasteiger partial charge in [0, 0.05) is 31.9 Å². The zero-order valence-corrected chi connectivity index (χ0v) is 18.5. The van der Waals surface area contributed by atoms with Crippen LogP contribution in [0.4, 0.5) is 15.8 Å². The predicted octanol–water partition coefficient (Wildman–Crippen LogP) is 2.47. The Labute approximate surface area is 177 Å². The number of nitriles is 1. The number of ether oxygens (including phenoxy) is 1. The molecule has 0 saturated carbocycles. The number of carbonyl (C=O) groups is 1. The Hall–Kier alpha value is -2.64. The fourth-order valence-electron chi connectivity index (χ4n) is 2.76. The van der Waals surface area contributed by atoms with Crippen LogP contribution in [0.3, 0.4) is 0 Å². The van der Waals surface area contributed by atoms with Crippen molar-refractivity contribution in [3.63, 3.8) is 0 Å². The van der Waals surface area contributed by atoms with Crippen LogP contribution in [-0.2, 0) is 23.8 Å². The van der Waals surface area contributed by atoms with Gasteiger partial charge in [-0.15, -0.1) is 0 Å². The number of nitrogens with zero attached hydrogens (tertiary/aromatic N) is 3. The highest BCUT2D eigenvalue weighted by Crippen LogP contribution is 2.25. The van der Waals surface area contributed by atoms with Gasteiger partial charge in [-0.1, -0.05) is 5.57 Å². The van der Waals surface area contributed by atoms with Crippen molar-refractivity contribution in [2.75, 3.05) is 49.3 Å². The maximum Gasteiger partial charge on any atom is 0.293 e. The van der Waals surface area contributed by atoms with Crippen molar-refractivity contribution in [1.82, 2.24) is 0 Å². The second-order valence-electron chi connectivity index (χ2n) is 6.81. The number of hydrogen-bond donors (Lipinski definition) is 0. The third-order valence-electron chi connectivity index (χ3n) is 4.37. The van der Waals surface area contributed by atoms with Crippen LogP contribution in [0.1, 0.15) is 20.3 Å². The summed E-state index contributed by atoms with van der Waals surface area (Å²) >= 11 is 0. The number of anilines is 2. The van der Waals surface area contributed by atoms with E-state index in [1.807, 2.05) is 24.8 Å². The molecule has 30 heavy (non-hydrogen) atoms. The van der Waals surface area contributed by atoms with E-state index >= 15 is 0 Å². The molecule has 0 heterocycles. The summed E-state index contributed by atoms with van der Waals surface area (Å²) in [4.78, 5) is 14.2. The number of hydrogen-bond acceptors (Lipinski definition) is 8. The van der Waals surface area contributed by atoms with Crippen molar-refractivity contribution < 1.29 is 26.5 Å². The van der Waals surface area contributed by atoms with Gasteiger partial charge in [0.15, 0.2) is 0 Å². The lowest BCUT2D eigenvalue weighted by molar-refractivity contribution is -0.134. The molecule has 0 amide bonds. The minimum absolute atomic E-state index is 0.114. The first-order chi connectivity index (χ1) is 14.1. The summed E-state index contributed by atoms with van der Waals surface area (Å²) < 4.78 is 46.6. The molecular formula is C20H28FN3O5S. The van der Waals surface area contributed by atoms with Gasteiger partial charge in [-0.25, -0.2) is 4.39 Å².